The fourth-order valence-electron chi connectivity index (χ4n) is 3.47. The number of hydrogen-bond donors (Lipinski definition) is 2. The van der Waals surface area contributed by atoms with Crippen LogP contribution < -0.4 is 11.2 Å². The molecule has 0 saturated carbocycles. The average molecular weight is 355 g/mol. The molecule has 2 aliphatic heterocycles. The van der Waals surface area contributed by atoms with E-state index in [0.29, 0.717) is 5.56 Å². The number of carbonyl (C=O) groups is 1. The summed E-state index contributed by atoms with van der Waals surface area (Å²) in [4.78, 5) is 43.8. The number of nitrogens with one attached hydrogen (secondary N) is 1. The van der Waals surface area contributed by atoms with Gasteiger partial charge in [0, 0.05) is 24.7 Å². The topological polar surface area (TPSA) is 123 Å². The van der Waals surface area contributed by atoms with E-state index in [1.807, 2.05) is 0 Å². The van der Waals surface area contributed by atoms with Crippen LogP contribution in [-0.2, 0) is 19.1 Å². The van der Waals surface area contributed by atoms with Crippen molar-refractivity contribution in [2.45, 2.75) is 38.3 Å². The van der Waals surface area contributed by atoms with Crippen LogP contribution in [0.15, 0.2) is 15.8 Å². The number of carbonyl (C=O) groups excluding carboxylic acids is 1. The largest absolute Gasteiger partial charge is 0.464 e. The molecule has 2 fully saturated rings. The molecule has 1 aromatic rings. The van der Waals surface area contributed by atoms with Crippen molar-refractivity contribution in [1.29, 1.82) is 0 Å². The van der Waals surface area contributed by atoms with Gasteiger partial charge in [-0.25, -0.2) is 9.59 Å². The highest BCUT2D eigenvalue weighted by molar-refractivity contribution is 5.75. The van der Waals surface area contributed by atoms with Gasteiger partial charge in [0.05, 0.1) is 25.4 Å². The van der Waals surface area contributed by atoms with Crippen molar-refractivity contribution in [3.63, 3.8) is 0 Å². The Balaban J connectivity index is 2.00. The third kappa shape index (κ3) is 2.91. The lowest BCUT2D eigenvalue weighted by molar-refractivity contribution is -0.202. The molecule has 2 saturated heterocycles. The number of aliphatic hydroxyl groups is 1. The number of rotatable bonds is 4. The van der Waals surface area contributed by atoms with E-state index in [2.05, 4.69) is 4.98 Å². The Kier molecular flexibility index (Phi) is 4.78. The van der Waals surface area contributed by atoms with E-state index in [0.717, 1.165) is 0 Å². The van der Waals surface area contributed by atoms with Crippen LogP contribution in [0.5, 0.6) is 0 Å². The van der Waals surface area contributed by atoms with Crippen molar-refractivity contribution in [3.8, 4) is 0 Å². The highest BCUT2D eigenvalue weighted by Gasteiger charge is 2.59. The van der Waals surface area contributed by atoms with Crippen LogP contribution in [0, 0.1) is 12.8 Å². The second-order valence-corrected chi connectivity index (χ2v) is 6.12. The Hall–Kier alpha value is -2.01. The molecule has 0 aliphatic carbocycles. The number of hydrogen-bond acceptors (Lipinski definition) is 8. The number of aromatic nitrogens is 2. The summed E-state index contributed by atoms with van der Waals surface area (Å²) in [6.07, 6.45) is -1.08. The van der Waals surface area contributed by atoms with E-state index in [1.165, 1.54) is 15.8 Å². The van der Waals surface area contributed by atoms with Gasteiger partial charge in [0.25, 0.3) is 5.56 Å². The van der Waals surface area contributed by atoms with Crippen LogP contribution in [0.3, 0.4) is 0 Å². The van der Waals surface area contributed by atoms with Crippen LogP contribution in [0.1, 0.15) is 18.7 Å². The van der Waals surface area contributed by atoms with E-state index in [-0.39, 0.29) is 13.2 Å². The summed E-state index contributed by atoms with van der Waals surface area (Å²) in [5, 5.41) is 11.1. The molecule has 1 aromatic heterocycles. The van der Waals surface area contributed by atoms with Crippen molar-refractivity contribution >= 4 is 5.97 Å². The number of aryl methyl sites for hydroxylation is 1. The monoisotopic (exact) mass is 355 g/mol. The second-order valence-electron chi connectivity index (χ2n) is 6.12. The number of likely N-dealkylation sites (N-methyl/N-ethyl adjacent to an activating group) is 1. The molecule has 0 aromatic carbocycles. The maximum atomic E-state index is 12.2. The first-order valence-electron chi connectivity index (χ1n) is 8.03. The minimum absolute atomic E-state index is 0.201. The Bertz CT molecular complexity index is 773. The molecule has 10 nitrogen and oxygen atoms in total. The average Bonchev–Trinajstić information content (AvgIpc) is 3.10. The van der Waals surface area contributed by atoms with E-state index in [9.17, 15) is 19.5 Å². The summed E-state index contributed by atoms with van der Waals surface area (Å²) in [5.41, 5.74) is -0.767. The first-order chi connectivity index (χ1) is 11.9. The fourth-order valence-corrected chi connectivity index (χ4v) is 3.47. The van der Waals surface area contributed by atoms with Crippen molar-refractivity contribution < 1.29 is 24.2 Å². The van der Waals surface area contributed by atoms with Gasteiger partial charge >= 0.3 is 11.7 Å². The minimum atomic E-state index is -0.934. The summed E-state index contributed by atoms with van der Waals surface area (Å²) >= 11 is 0. The van der Waals surface area contributed by atoms with Gasteiger partial charge in [0.2, 0.25) is 0 Å². The van der Waals surface area contributed by atoms with Gasteiger partial charge in [-0.2, -0.15) is 5.06 Å². The maximum Gasteiger partial charge on any atom is 0.337 e. The van der Waals surface area contributed by atoms with Gasteiger partial charge in [-0.05, 0) is 13.8 Å². The number of hydroxylamine groups is 2. The zero-order chi connectivity index (χ0) is 18.3. The number of aliphatic hydroxyl groups excluding tert-OH is 1. The standard InChI is InChI=1S/C15H21N3O7/c1-4-23-14(21)11-9-8(6-19)24-13(10(9)17(3)25-11)18-5-7(2)12(20)16-15(18)22/h5,8-11,13,19H,4,6H2,1-3H3,(H,16,20,22)/t8-,9-,10-,11-,13-/m1/s1. The van der Waals surface area contributed by atoms with E-state index < -0.39 is 47.6 Å². The molecule has 3 rings (SSSR count). The zero-order valence-corrected chi connectivity index (χ0v) is 14.2. The van der Waals surface area contributed by atoms with Crippen LogP contribution >= 0.6 is 0 Å². The molecule has 0 unspecified atom stereocenters. The molecular formula is C15H21N3O7. The van der Waals surface area contributed by atoms with E-state index in [4.69, 9.17) is 14.3 Å². The van der Waals surface area contributed by atoms with Crippen molar-refractivity contribution in [2.24, 2.45) is 5.92 Å². The number of nitrogens with zero attached hydrogens (tertiary/aromatic N) is 2. The van der Waals surface area contributed by atoms with Crippen LogP contribution in [0.2, 0.25) is 0 Å². The maximum absolute atomic E-state index is 12.2. The zero-order valence-electron chi connectivity index (χ0n) is 14.2. The lowest BCUT2D eigenvalue weighted by Crippen LogP contribution is -2.41. The molecule has 0 bridgehead atoms. The van der Waals surface area contributed by atoms with Gasteiger partial charge in [0.15, 0.2) is 12.3 Å². The number of esters is 1. The number of aromatic amines is 1. The Morgan fingerprint density at radius 3 is 2.80 bits per heavy atom. The number of fused-ring (bicyclic) bond motifs is 1. The van der Waals surface area contributed by atoms with E-state index >= 15 is 0 Å². The molecule has 5 atom stereocenters. The summed E-state index contributed by atoms with van der Waals surface area (Å²) in [6, 6.07) is -0.505. The Morgan fingerprint density at radius 2 is 2.16 bits per heavy atom. The highest BCUT2D eigenvalue weighted by atomic mass is 16.7. The quantitative estimate of drug-likeness (QED) is 0.628. The molecule has 138 valence electrons. The fraction of sp³-hybridized carbons (Fsp3) is 0.667. The SMILES string of the molecule is CCOC(=O)[C@@H]1ON(C)[C@@H]2[C@H]1[C@@H](CO)O[C@H]2n1cc(C)c(=O)[nH]c1=O. The smallest absolute Gasteiger partial charge is 0.337 e. The summed E-state index contributed by atoms with van der Waals surface area (Å²) < 4.78 is 12.1. The first-order valence-corrected chi connectivity index (χ1v) is 8.03. The van der Waals surface area contributed by atoms with Gasteiger partial charge in [-0.3, -0.25) is 19.2 Å². The highest BCUT2D eigenvalue weighted by Crippen LogP contribution is 2.44. The molecule has 2 aliphatic rings. The predicted octanol–water partition coefficient (Wildman–Crippen LogP) is -1.47. The summed E-state index contributed by atoms with van der Waals surface area (Å²) in [7, 11) is 1.62. The molecule has 25 heavy (non-hydrogen) atoms. The molecule has 0 spiro atoms. The first kappa shape index (κ1) is 17.8. The van der Waals surface area contributed by atoms with Gasteiger partial charge in [0.1, 0.15) is 0 Å². The molecule has 10 heteroatoms. The molecular weight excluding hydrogens is 334 g/mol. The number of H-pyrrole nitrogens is 1. The Labute approximate surface area is 142 Å². The van der Waals surface area contributed by atoms with Gasteiger partial charge in [-0.1, -0.05) is 0 Å². The minimum Gasteiger partial charge on any atom is -0.464 e. The summed E-state index contributed by atoms with van der Waals surface area (Å²) in [5.74, 6) is -1.06. The lowest BCUT2D eigenvalue weighted by Gasteiger charge is -2.24. The van der Waals surface area contributed by atoms with E-state index in [1.54, 1.807) is 20.9 Å². The molecule has 0 radical (unpaired) electrons. The normalized spacial score (nSPS) is 31.9. The van der Waals surface area contributed by atoms with Gasteiger partial charge < -0.3 is 14.6 Å². The molecule has 2 N–H and O–H groups in total. The second kappa shape index (κ2) is 6.71. The van der Waals surface area contributed by atoms with Crippen molar-refractivity contribution in [2.75, 3.05) is 20.3 Å². The van der Waals surface area contributed by atoms with Crippen LogP contribution in [0.4, 0.5) is 0 Å². The Morgan fingerprint density at radius 1 is 1.44 bits per heavy atom. The third-order valence-electron chi connectivity index (χ3n) is 4.60. The number of ether oxygens (including phenoxy) is 2. The van der Waals surface area contributed by atoms with Crippen molar-refractivity contribution in [3.05, 3.63) is 32.6 Å². The van der Waals surface area contributed by atoms with Crippen LogP contribution in [-0.4, -0.2) is 64.2 Å². The van der Waals surface area contributed by atoms with Gasteiger partial charge in [-0.15, -0.1) is 0 Å². The summed E-state index contributed by atoms with van der Waals surface area (Å²) in [6.45, 7) is 3.11. The lowest BCUT2D eigenvalue weighted by atomic mass is 9.91. The molecule has 3 heterocycles. The third-order valence-corrected chi connectivity index (χ3v) is 4.60. The molecule has 0 amide bonds. The van der Waals surface area contributed by atoms with Crippen LogP contribution in [0.25, 0.3) is 0 Å². The predicted molar refractivity (Wildman–Crippen MR) is 83.6 cm³/mol. The van der Waals surface area contributed by atoms with Crippen molar-refractivity contribution in [1.82, 2.24) is 14.6 Å².